The van der Waals surface area contributed by atoms with Crippen molar-refractivity contribution < 1.29 is 33.3 Å². The molecule has 2 aromatic rings. The first-order chi connectivity index (χ1) is 10.7. The van der Waals surface area contributed by atoms with E-state index < -0.39 is 0 Å². The average molecular weight is 440 g/mol. The number of allylic oxidation sites excluding steroid dienone is 2. The predicted octanol–water partition coefficient (Wildman–Crippen LogP) is 1.14. The summed E-state index contributed by atoms with van der Waals surface area (Å²) in [6.45, 7) is 8.34. The number of aryl methyl sites for hydroxylation is 1. The third kappa shape index (κ3) is 3.61. The zero-order chi connectivity index (χ0) is 15.5. The van der Waals surface area contributed by atoms with E-state index in [-0.39, 0.29) is 24.0 Å². The highest BCUT2D eigenvalue weighted by Crippen LogP contribution is 2.38. The molecule has 0 N–H and O–H groups in total. The van der Waals surface area contributed by atoms with E-state index in [0.717, 1.165) is 30.4 Å². The van der Waals surface area contributed by atoms with Gasteiger partial charge in [-0.15, -0.1) is 0 Å². The van der Waals surface area contributed by atoms with Gasteiger partial charge in [0.15, 0.2) is 11.4 Å². The molecule has 1 aliphatic rings. The first kappa shape index (κ1) is 18.0. The third-order valence-electron chi connectivity index (χ3n) is 3.79. The van der Waals surface area contributed by atoms with Gasteiger partial charge in [0, 0.05) is 19.5 Å². The number of fused-ring (bicyclic) bond motifs is 1. The SMILES string of the molecule is CCN1C(=CC=Cc2scc(C)[n+]2CC)Oc2ccccc21.[I-]. The summed E-state index contributed by atoms with van der Waals surface area (Å²) in [4.78, 5) is 2.19. The minimum absolute atomic E-state index is 0. The fraction of sp³-hybridized carbons (Fsp3) is 0.278. The van der Waals surface area contributed by atoms with E-state index in [2.05, 4.69) is 53.8 Å². The Bertz CT molecular complexity index is 736. The van der Waals surface area contributed by atoms with Crippen molar-refractivity contribution in [2.45, 2.75) is 27.3 Å². The molecule has 0 fully saturated rings. The molecule has 0 amide bonds. The van der Waals surface area contributed by atoms with Crippen LogP contribution < -0.4 is 38.2 Å². The van der Waals surface area contributed by atoms with Gasteiger partial charge >= 0.3 is 0 Å². The van der Waals surface area contributed by atoms with Gasteiger partial charge in [0.05, 0.1) is 11.1 Å². The zero-order valence-electron chi connectivity index (χ0n) is 13.6. The summed E-state index contributed by atoms with van der Waals surface area (Å²) in [7, 11) is 0. The highest BCUT2D eigenvalue weighted by Gasteiger charge is 2.23. The highest BCUT2D eigenvalue weighted by atomic mass is 127. The van der Waals surface area contributed by atoms with E-state index >= 15 is 0 Å². The average Bonchev–Trinajstić information content (AvgIpc) is 3.07. The molecule has 23 heavy (non-hydrogen) atoms. The lowest BCUT2D eigenvalue weighted by atomic mass is 10.3. The maximum Gasteiger partial charge on any atom is 0.261 e. The molecule has 0 saturated carbocycles. The predicted molar refractivity (Wildman–Crippen MR) is 92.1 cm³/mol. The molecule has 0 bridgehead atoms. The number of hydrogen-bond donors (Lipinski definition) is 0. The molecule has 3 nitrogen and oxygen atoms in total. The number of halogens is 1. The van der Waals surface area contributed by atoms with Gasteiger partial charge < -0.3 is 33.6 Å². The monoisotopic (exact) mass is 440 g/mol. The lowest BCUT2D eigenvalue weighted by Crippen LogP contribution is -3.00. The molecule has 0 spiro atoms. The van der Waals surface area contributed by atoms with Gasteiger partial charge in [-0.2, -0.15) is 4.57 Å². The third-order valence-corrected chi connectivity index (χ3v) is 4.85. The van der Waals surface area contributed by atoms with Crippen LogP contribution in [-0.2, 0) is 6.54 Å². The van der Waals surface area contributed by atoms with Crippen LogP contribution in [0.2, 0.25) is 0 Å². The molecule has 0 radical (unpaired) electrons. The van der Waals surface area contributed by atoms with Crippen molar-refractivity contribution in [3.05, 3.63) is 58.4 Å². The zero-order valence-corrected chi connectivity index (χ0v) is 16.6. The summed E-state index contributed by atoms with van der Waals surface area (Å²) in [6, 6.07) is 8.15. The number of benzene rings is 1. The molecule has 3 rings (SSSR count). The molecule has 5 heteroatoms. The van der Waals surface area contributed by atoms with Crippen LogP contribution in [-0.4, -0.2) is 6.54 Å². The Kier molecular flexibility index (Phi) is 6.24. The molecular formula is C18H21IN2OS. The van der Waals surface area contributed by atoms with Crippen molar-refractivity contribution in [1.82, 2.24) is 0 Å². The number of thiazole rings is 1. The summed E-state index contributed by atoms with van der Waals surface area (Å²) in [5.74, 6) is 1.82. The van der Waals surface area contributed by atoms with Crippen molar-refractivity contribution in [3.8, 4) is 5.75 Å². The van der Waals surface area contributed by atoms with Crippen molar-refractivity contribution >= 4 is 23.1 Å². The number of aromatic nitrogens is 1. The van der Waals surface area contributed by atoms with Gasteiger partial charge in [0.1, 0.15) is 6.54 Å². The largest absolute Gasteiger partial charge is 1.00 e. The number of para-hydroxylation sites is 2. The standard InChI is InChI=1S/C18H21N2OS.HI/c1-4-19-14(3)13-22-18(19)12-8-11-17-20(5-2)15-9-6-7-10-16(15)21-17;/h6-13H,4-5H2,1-3H3;1H/q+1;/p-1. The maximum absolute atomic E-state index is 5.94. The molecule has 0 aliphatic carbocycles. The second-order valence-electron chi connectivity index (χ2n) is 5.14. The number of anilines is 1. The van der Waals surface area contributed by atoms with E-state index in [4.69, 9.17) is 4.74 Å². The van der Waals surface area contributed by atoms with Gasteiger partial charge in [-0.3, -0.25) is 0 Å². The Balaban J connectivity index is 0.00000192. The van der Waals surface area contributed by atoms with Crippen molar-refractivity contribution in [1.29, 1.82) is 0 Å². The highest BCUT2D eigenvalue weighted by molar-refractivity contribution is 7.10. The smallest absolute Gasteiger partial charge is 0.261 e. The first-order valence-corrected chi connectivity index (χ1v) is 8.53. The Morgan fingerprint density at radius 1 is 1.26 bits per heavy atom. The summed E-state index contributed by atoms with van der Waals surface area (Å²) in [5.41, 5.74) is 2.44. The molecular weight excluding hydrogens is 419 g/mol. The second kappa shape index (κ2) is 7.97. The number of nitrogens with zero attached hydrogens (tertiary/aromatic N) is 2. The van der Waals surface area contributed by atoms with Crippen LogP contribution >= 0.6 is 11.3 Å². The molecule has 1 aromatic carbocycles. The number of ether oxygens (including phenoxy) is 1. The minimum Gasteiger partial charge on any atom is -1.00 e. The lowest BCUT2D eigenvalue weighted by molar-refractivity contribution is -0.696. The second-order valence-corrected chi connectivity index (χ2v) is 6.03. The lowest BCUT2D eigenvalue weighted by Gasteiger charge is -2.14. The topological polar surface area (TPSA) is 16.4 Å². The summed E-state index contributed by atoms with van der Waals surface area (Å²) in [6.07, 6.45) is 6.26. The molecule has 0 saturated heterocycles. The Labute approximate surface area is 158 Å². The van der Waals surface area contributed by atoms with Gasteiger partial charge in [-0.25, -0.2) is 0 Å². The molecule has 1 aliphatic heterocycles. The molecule has 0 unspecified atom stereocenters. The van der Waals surface area contributed by atoms with Crippen LogP contribution in [0.5, 0.6) is 5.75 Å². The van der Waals surface area contributed by atoms with Crippen LogP contribution in [0, 0.1) is 6.92 Å². The molecule has 0 atom stereocenters. The minimum atomic E-state index is 0. The number of hydrogen-bond acceptors (Lipinski definition) is 3. The first-order valence-electron chi connectivity index (χ1n) is 7.65. The molecule has 1 aromatic heterocycles. The van der Waals surface area contributed by atoms with Gasteiger partial charge in [0.25, 0.3) is 5.01 Å². The van der Waals surface area contributed by atoms with E-state index in [0.29, 0.717) is 0 Å². The quantitative estimate of drug-likeness (QED) is 0.524. The van der Waals surface area contributed by atoms with E-state index in [9.17, 15) is 0 Å². The normalized spacial score (nSPS) is 14.9. The van der Waals surface area contributed by atoms with Crippen LogP contribution in [0.1, 0.15) is 24.5 Å². The van der Waals surface area contributed by atoms with Crippen LogP contribution in [0.4, 0.5) is 5.69 Å². The van der Waals surface area contributed by atoms with E-state index in [1.54, 1.807) is 11.3 Å². The van der Waals surface area contributed by atoms with Crippen molar-refractivity contribution in [2.75, 3.05) is 11.4 Å². The Morgan fingerprint density at radius 2 is 2.04 bits per heavy atom. The van der Waals surface area contributed by atoms with Crippen molar-refractivity contribution in [3.63, 3.8) is 0 Å². The van der Waals surface area contributed by atoms with Crippen LogP contribution in [0.25, 0.3) is 6.08 Å². The molecule has 122 valence electrons. The fourth-order valence-corrected chi connectivity index (χ4v) is 3.67. The molecule has 2 heterocycles. The fourth-order valence-electron chi connectivity index (χ4n) is 2.70. The van der Waals surface area contributed by atoms with Crippen LogP contribution in [0.15, 0.2) is 47.7 Å². The van der Waals surface area contributed by atoms with Crippen LogP contribution in [0.3, 0.4) is 0 Å². The number of rotatable bonds is 4. The van der Waals surface area contributed by atoms with Gasteiger partial charge in [-0.05, 0) is 38.1 Å². The Hall–Kier alpha value is -1.34. The summed E-state index contributed by atoms with van der Waals surface area (Å²) < 4.78 is 8.25. The van der Waals surface area contributed by atoms with Gasteiger partial charge in [-0.1, -0.05) is 23.5 Å². The van der Waals surface area contributed by atoms with E-state index in [1.807, 2.05) is 24.3 Å². The summed E-state index contributed by atoms with van der Waals surface area (Å²) in [5, 5.41) is 3.45. The van der Waals surface area contributed by atoms with E-state index in [1.165, 1.54) is 10.7 Å². The van der Waals surface area contributed by atoms with Gasteiger partial charge in [0.2, 0.25) is 5.88 Å². The maximum atomic E-state index is 5.94. The Morgan fingerprint density at radius 3 is 2.78 bits per heavy atom. The summed E-state index contributed by atoms with van der Waals surface area (Å²) >= 11 is 1.77. The van der Waals surface area contributed by atoms with Crippen molar-refractivity contribution in [2.24, 2.45) is 0 Å².